The molecule has 3 aromatic rings. The first kappa shape index (κ1) is 17.0. The zero-order valence-corrected chi connectivity index (χ0v) is 14.5. The maximum absolute atomic E-state index is 10.3. The minimum absolute atomic E-state index is 0.0817. The van der Waals surface area contributed by atoms with E-state index in [0.717, 1.165) is 0 Å². The van der Waals surface area contributed by atoms with E-state index in [4.69, 9.17) is 0 Å². The molecule has 1 atom stereocenters. The molecule has 0 spiro atoms. The number of aromatic hydroxyl groups is 5. The third kappa shape index (κ3) is 3.34. The molecule has 5 nitrogen and oxygen atoms in total. The summed E-state index contributed by atoms with van der Waals surface area (Å²) >= 11 is 3.23. The van der Waals surface area contributed by atoms with Crippen molar-refractivity contribution >= 4 is 15.9 Å². The van der Waals surface area contributed by atoms with Crippen LogP contribution in [0.25, 0.3) is 0 Å². The summed E-state index contributed by atoms with van der Waals surface area (Å²) in [5.41, 5.74) is 1.60. The van der Waals surface area contributed by atoms with Crippen molar-refractivity contribution in [3.63, 3.8) is 0 Å². The molecule has 0 radical (unpaired) electrons. The number of hydrogen-bond donors (Lipinski definition) is 5. The quantitative estimate of drug-likeness (QED) is 0.423. The number of phenolic OH excluding ortho intramolecular Hbond substituents is 5. The fourth-order valence-corrected chi connectivity index (χ4v) is 3.13. The average Bonchev–Trinajstić information content (AvgIpc) is 2.56. The molecule has 6 heteroatoms. The van der Waals surface area contributed by atoms with Gasteiger partial charge in [0, 0.05) is 29.2 Å². The Balaban J connectivity index is 2.26. The van der Waals surface area contributed by atoms with Crippen molar-refractivity contribution in [1.29, 1.82) is 0 Å². The largest absolute Gasteiger partial charge is 0.508 e. The Kier molecular flexibility index (Phi) is 4.46. The second-order valence-corrected chi connectivity index (χ2v) is 6.48. The average molecular weight is 403 g/mol. The lowest BCUT2D eigenvalue weighted by Crippen LogP contribution is -2.04. The van der Waals surface area contributed by atoms with Gasteiger partial charge in [0.15, 0.2) is 0 Å². The smallest absolute Gasteiger partial charge is 0.133 e. The lowest BCUT2D eigenvalue weighted by Gasteiger charge is -2.21. The molecular weight excluding hydrogens is 388 g/mol. The highest BCUT2D eigenvalue weighted by Gasteiger charge is 2.24. The van der Waals surface area contributed by atoms with Crippen LogP contribution in [0.1, 0.15) is 22.6 Å². The maximum atomic E-state index is 10.3. The molecule has 0 amide bonds. The molecule has 0 aliphatic carbocycles. The van der Waals surface area contributed by atoms with Gasteiger partial charge in [0.25, 0.3) is 0 Å². The van der Waals surface area contributed by atoms with Crippen molar-refractivity contribution in [1.82, 2.24) is 0 Å². The van der Waals surface area contributed by atoms with Gasteiger partial charge >= 0.3 is 0 Å². The zero-order chi connectivity index (χ0) is 18.1. The standard InChI is InChI=1S/C19H15BrO5/c20-15-8-14(17(24)9-18(15)25)19(10-1-3-11(21)4-2-10)13-6-5-12(22)7-16(13)23/h1-9,19,21-25H. The predicted octanol–water partition coefficient (Wildman–Crippen LogP) is 4.16. The molecule has 128 valence electrons. The van der Waals surface area contributed by atoms with Gasteiger partial charge in [-0.25, -0.2) is 0 Å². The van der Waals surface area contributed by atoms with Crippen LogP contribution in [0.3, 0.4) is 0 Å². The monoisotopic (exact) mass is 402 g/mol. The summed E-state index contributed by atoms with van der Waals surface area (Å²) in [7, 11) is 0. The molecule has 0 aliphatic heterocycles. The molecule has 0 aromatic heterocycles. The number of rotatable bonds is 3. The van der Waals surface area contributed by atoms with E-state index in [-0.39, 0.29) is 28.7 Å². The lowest BCUT2D eigenvalue weighted by atomic mass is 9.84. The van der Waals surface area contributed by atoms with Gasteiger partial charge in [0.2, 0.25) is 0 Å². The van der Waals surface area contributed by atoms with Crippen LogP contribution in [-0.2, 0) is 0 Å². The first-order valence-electron chi connectivity index (χ1n) is 7.39. The highest BCUT2D eigenvalue weighted by Crippen LogP contribution is 2.44. The van der Waals surface area contributed by atoms with Gasteiger partial charge in [-0.1, -0.05) is 18.2 Å². The van der Waals surface area contributed by atoms with Crippen molar-refractivity contribution in [3.8, 4) is 28.7 Å². The lowest BCUT2D eigenvalue weighted by molar-refractivity contribution is 0.439. The Morgan fingerprint density at radius 2 is 1.20 bits per heavy atom. The molecule has 0 bridgehead atoms. The topological polar surface area (TPSA) is 101 Å². The summed E-state index contributed by atoms with van der Waals surface area (Å²) in [5, 5.41) is 49.5. The third-order valence-electron chi connectivity index (χ3n) is 3.96. The van der Waals surface area contributed by atoms with Crippen LogP contribution in [0.2, 0.25) is 0 Å². The maximum Gasteiger partial charge on any atom is 0.133 e. The Morgan fingerprint density at radius 3 is 1.84 bits per heavy atom. The molecule has 0 saturated carbocycles. The van der Waals surface area contributed by atoms with E-state index in [2.05, 4.69) is 15.9 Å². The van der Waals surface area contributed by atoms with E-state index >= 15 is 0 Å². The molecule has 25 heavy (non-hydrogen) atoms. The Hall–Kier alpha value is -2.86. The van der Waals surface area contributed by atoms with Gasteiger partial charge in [-0.05, 0) is 45.8 Å². The summed E-state index contributed by atoms with van der Waals surface area (Å²) in [6, 6.07) is 13.4. The van der Waals surface area contributed by atoms with Crippen LogP contribution in [0.5, 0.6) is 28.7 Å². The van der Waals surface area contributed by atoms with Crippen molar-refractivity contribution in [2.24, 2.45) is 0 Å². The van der Waals surface area contributed by atoms with Gasteiger partial charge in [-0.15, -0.1) is 0 Å². The Labute approximate surface area is 152 Å². The highest BCUT2D eigenvalue weighted by molar-refractivity contribution is 9.10. The van der Waals surface area contributed by atoms with Gasteiger partial charge in [-0.2, -0.15) is 0 Å². The SMILES string of the molecule is Oc1ccc(C(c2ccc(O)cc2O)c2cc(Br)c(O)cc2O)cc1. The van der Waals surface area contributed by atoms with Gasteiger partial charge in [-0.3, -0.25) is 0 Å². The first-order valence-corrected chi connectivity index (χ1v) is 8.18. The van der Waals surface area contributed by atoms with Crippen LogP contribution in [0.15, 0.2) is 59.1 Å². The van der Waals surface area contributed by atoms with Crippen molar-refractivity contribution < 1.29 is 25.5 Å². The molecule has 1 unspecified atom stereocenters. The van der Waals surface area contributed by atoms with Crippen molar-refractivity contribution in [2.45, 2.75) is 5.92 Å². The predicted molar refractivity (Wildman–Crippen MR) is 96.3 cm³/mol. The molecule has 0 aliphatic rings. The summed E-state index contributed by atoms with van der Waals surface area (Å²) in [5.74, 6) is -0.970. The molecule has 3 rings (SSSR count). The summed E-state index contributed by atoms with van der Waals surface area (Å²) in [6.45, 7) is 0. The zero-order valence-electron chi connectivity index (χ0n) is 12.9. The molecule has 3 aromatic carbocycles. The van der Waals surface area contributed by atoms with E-state index in [1.54, 1.807) is 24.3 Å². The van der Waals surface area contributed by atoms with E-state index in [1.165, 1.54) is 30.3 Å². The molecule has 5 N–H and O–H groups in total. The number of hydrogen-bond acceptors (Lipinski definition) is 5. The van der Waals surface area contributed by atoms with E-state index in [9.17, 15) is 25.5 Å². The fourth-order valence-electron chi connectivity index (χ4n) is 2.77. The minimum atomic E-state index is -0.585. The second kappa shape index (κ2) is 6.57. The van der Waals surface area contributed by atoms with Crippen LogP contribution in [-0.4, -0.2) is 25.5 Å². The fraction of sp³-hybridized carbons (Fsp3) is 0.0526. The van der Waals surface area contributed by atoms with E-state index in [1.807, 2.05) is 0 Å². The van der Waals surface area contributed by atoms with Crippen LogP contribution < -0.4 is 0 Å². The minimum Gasteiger partial charge on any atom is -0.508 e. The first-order chi connectivity index (χ1) is 11.9. The van der Waals surface area contributed by atoms with Crippen molar-refractivity contribution in [3.05, 3.63) is 75.8 Å². The molecule has 0 heterocycles. The van der Waals surface area contributed by atoms with Crippen LogP contribution in [0.4, 0.5) is 0 Å². The normalized spacial score (nSPS) is 12.0. The summed E-state index contributed by atoms with van der Waals surface area (Å²) in [4.78, 5) is 0. The van der Waals surface area contributed by atoms with Crippen LogP contribution >= 0.6 is 15.9 Å². The van der Waals surface area contributed by atoms with E-state index < -0.39 is 5.92 Å². The van der Waals surface area contributed by atoms with Gasteiger partial charge in [0.05, 0.1) is 4.47 Å². The number of phenols is 5. The second-order valence-electron chi connectivity index (χ2n) is 5.63. The molecule has 0 fully saturated rings. The molecule has 0 saturated heterocycles. The van der Waals surface area contributed by atoms with Gasteiger partial charge in [0.1, 0.15) is 28.7 Å². The Morgan fingerprint density at radius 1 is 0.600 bits per heavy atom. The van der Waals surface area contributed by atoms with E-state index in [0.29, 0.717) is 21.2 Å². The summed E-state index contributed by atoms with van der Waals surface area (Å²) in [6.07, 6.45) is 0. The van der Waals surface area contributed by atoms with Crippen LogP contribution in [0, 0.1) is 0 Å². The third-order valence-corrected chi connectivity index (χ3v) is 4.59. The van der Waals surface area contributed by atoms with Crippen molar-refractivity contribution in [2.75, 3.05) is 0 Å². The number of halogens is 1. The number of benzene rings is 3. The Bertz CT molecular complexity index is 922. The highest BCUT2D eigenvalue weighted by atomic mass is 79.9. The molecular formula is C19H15BrO5. The summed E-state index contributed by atoms with van der Waals surface area (Å²) < 4.78 is 0.391. The van der Waals surface area contributed by atoms with Gasteiger partial charge < -0.3 is 25.5 Å².